The molecule has 0 amide bonds. The number of rotatable bonds is 7. The van der Waals surface area contributed by atoms with Gasteiger partial charge in [0.15, 0.2) is 0 Å². The Morgan fingerprint density at radius 1 is 1.35 bits per heavy atom. The minimum Gasteiger partial charge on any atom is -0.493 e. The summed E-state index contributed by atoms with van der Waals surface area (Å²) in [6.45, 7) is 5.04. The van der Waals surface area contributed by atoms with Crippen LogP contribution in [0.5, 0.6) is 5.75 Å². The molecular formula is C18H25N3O4S. The van der Waals surface area contributed by atoms with Crippen LogP contribution in [-0.4, -0.2) is 49.6 Å². The Bertz CT molecular complexity index is 817. The number of hydrogen-bond donors (Lipinski definition) is 1. The average Bonchev–Trinajstić information content (AvgIpc) is 3.07. The first-order valence-electron chi connectivity index (χ1n) is 8.78. The molecule has 1 aromatic heterocycles. The standard InChI is InChI=1S/C18H25N3O4S/c1-3-26(22,23)20-18-8-9-24-11-15(18)12-25-17-6-4-16(5-7-17)21-10-14(2)19-13-21/h4-7,10,13,15,18,20H,3,8-9,11-12H2,1-2H3/t15-,18+/m0/s1. The number of aryl methyl sites for hydroxylation is 1. The van der Waals surface area contributed by atoms with E-state index in [1.54, 1.807) is 13.3 Å². The van der Waals surface area contributed by atoms with Gasteiger partial charge in [-0.3, -0.25) is 0 Å². The number of sulfonamides is 1. The number of nitrogens with zero attached hydrogens (tertiary/aromatic N) is 2. The smallest absolute Gasteiger partial charge is 0.211 e. The molecule has 1 aliphatic heterocycles. The second-order valence-electron chi connectivity index (χ2n) is 6.48. The average molecular weight is 379 g/mol. The van der Waals surface area contributed by atoms with E-state index in [-0.39, 0.29) is 17.7 Å². The third-order valence-corrected chi connectivity index (χ3v) is 5.92. The van der Waals surface area contributed by atoms with Crippen molar-refractivity contribution in [2.75, 3.05) is 25.6 Å². The van der Waals surface area contributed by atoms with Gasteiger partial charge in [-0.2, -0.15) is 0 Å². The molecule has 2 aromatic rings. The molecule has 1 aliphatic rings. The molecule has 0 bridgehead atoms. The maximum absolute atomic E-state index is 11.9. The van der Waals surface area contributed by atoms with Gasteiger partial charge in [-0.25, -0.2) is 18.1 Å². The highest BCUT2D eigenvalue weighted by Crippen LogP contribution is 2.20. The number of imidazole rings is 1. The van der Waals surface area contributed by atoms with Gasteiger partial charge in [0.25, 0.3) is 0 Å². The van der Waals surface area contributed by atoms with Crippen LogP contribution in [0, 0.1) is 12.8 Å². The molecule has 1 fully saturated rings. The number of benzene rings is 1. The fraction of sp³-hybridized carbons (Fsp3) is 0.500. The molecular weight excluding hydrogens is 354 g/mol. The van der Waals surface area contributed by atoms with E-state index in [0.717, 1.165) is 17.1 Å². The highest BCUT2D eigenvalue weighted by molar-refractivity contribution is 7.89. The summed E-state index contributed by atoms with van der Waals surface area (Å²) in [6.07, 6.45) is 4.39. The van der Waals surface area contributed by atoms with E-state index in [1.807, 2.05) is 42.0 Å². The summed E-state index contributed by atoms with van der Waals surface area (Å²) < 4.78 is 39.8. The van der Waals surface area contributed by atoms with Gasteiger partial charge in [0.05, 0.1) is 31.0 Å². The molecule has 0 unspecified atom stereocenters. The molecule has 1 aromatic carbocycles. The normalized spacial score (nSPS) is 20.8. The Hall–Kier alpha value is -1.90. The lowest BCUT2D eigenvalue weighted by atomic mass is 9.98. The van der Waals surface area contributed by atoms with Gasteiger partial charge in [-0.1, -0.05) is 0 Å². The van der Waals surface area contributed by atoms with Gasteiger partial charge >= 0.3 is 0 Å². The quantitative estimate of drug-likeness (QED) is 0.795. The zero-order valence-corrected chi connectivity index (χ0v) is 15.9. The van der Waals surface area contributed by atoms with Crippen molar-refractivity contribution < 1.29 is 17.9 Å². The van der Waals surface area contributed by atoms with Crippen LogP contribution in [0.4, 0.5) is 0 Å². The van der Waals surface area contributed by atoms with Gasteiger partial charge in [0.1, 0.15) is 5.75 Å². The van der Waals surface area contributed by atoms with E-state index in [1.165, 1.54) is 0 Å². The Morgan fingerprint density at radius 2 is 2.12 bits per heavy atom. The summed E-state index contributed by atoms with van der Waals surface area (Å²) in [5, 5.41) is 0. The summed E-state index contributed by atoms with van der Waals surface area (Å²) >= 11 is 0. The molecule has 0 radical (unpaired) electrons. The Labute approximate surface area is 154 Å². The summed E-state index contributed by atoms with van der Waals surface area (Å²) in [4.78, 5) is 4.22. The number of aromatic nitrogens is 2. The molecule has 0 aliphatic carbocycles. The van der Waals surface area contributed by atoms with Gasteiger partial charge in [-0.05, 0) is 44.5 Å². The Kier molecular flexibility index (Phi) is 5.95. The largest absolute Gasteiger partial charge is 0.493 e. The van der Waals surface area contributed by atoms with E-state index in [4.69, 9.17) is 9.47 Å². The maximum atomic E-state index is 11.9. The first-order valence-corrected chi connectivity index (χ1v) is 10.4. The first kappa shape index (κ1) is 18.9. The molecule has 0 saturated carbocycles. The Balaban J connectivity index is 1.60. The number of nitrogens with one attached hydrogen (secondary N) is 1. The zero-order chi connectivity index (χ0) is 18.6. The van der Waals surface area contributed by atoms with E-state index in [0.29, 0.717) is 26.2 Å². The lowest BCUT2D eigenvalue weighted by Crippen LogP contribution is -2.47. The third-order valence-electron chi connectivity index (χ3n) is 4.50. The second kappa shape index (κ2) is 8.20. The minimum absolute atomic E-state index is 0.0129. The Morgan fingerprint density at radius 3 is 2.77 bits per heavy atom. The molecule has 0 spiro atoms. The van der Waals surface area contributed by atoms with Gasteiger partial charge in [0, 0.05) is 30.5 Å². The molecule has 3 rings (SSSR count). The summed E-state index contributed by atoms with van der Waals surface area (Å²) in [5.74, 6) is 0.807. The van der Waals surface area contributed by atoms with Crippen molar-refractivity contribution in [1.82, 2.24) is 14.3 Å². The van der Waals surface area contributed by atoms with Crippen LogP contribution in [0.2, 0.25) is 0 Å². The van der Waals surface area contributed by atoms with Crippen LogP contribution in [0.3, 0.4) is 0 Å². The molecule has 142 valence electrons. The summed E-state index contributed by atoms with van der Waals surface area (Å²) in [7, 11) is -3.24. The van der Waals surface area contributed by atoms with E-state index >= 15 is 0 Å². The van der Waals surface area contributed by atoms with Crippen molar-refractivity contribution in [2.45, 2.75) is 26.3 Å². The van der Waals surface area contributed by atoms with Gasteiger partial charge in [-0.15, -0.1) is 0 Å². The van der Waals surface area contributed by atoms with Crippen molar-refractivity contribution >= 4 is 10.0 Å². The van der Waals surface area contributed by atoms with Crippen molar-refractivity contribution in [3.8, 4) is 11.4 Å². The number of ether oxygens (including phenoxy) is 2. The van der Waals surface area contributed by atoms with Gasteiger partial charge in [0.2, 0.25) is 10.0 Å². The fourth-order valence-corrected chi connectivity index (χ4v) is 3.85. The highest BCUT2D eigenvalue weighted by atomic mass is 32.2. The predicted molar refractivity (Wildman–Crippen MR) is 99.1 cm³/mol. The van der Waals surface area contributed by atoms with Crippen LogP contribution < -0.4 is 9.46 Å². The molecule has 1 saturated heterocycles. The van der Waals surface area contributed by atoms with E-state index < -0.39 is 10.0 Å². The topological polar surface area (TPSA) is 82.5 Å². The van der Waals surface area contributed by atoms with Crippen molar-refractivity contribution in [3.63, 3.8) is 0 Å². The lowest BCUT2D eigenvalue weighted by molar-refractivity contribution is 0.0186. The van der Waals surface area contributed by atoms with Crippen LogP contribution in [-0.2, 0) is 14.8 Å². The molecule has 8 heteroatoms. The van der Waals surface area contributed by atoms with Crippen molar-refractivity contribution in [2.24, 2.45) is 5.92 Å². The second-order valence-corrected chi connectivity index (χ2v) is 8.52. The van der Waals surface area contributed by atoms with Crippen molar-refractivity contribution in [1.29, 1.82) is 0 Å². The molecule has 26 heavy (non-hydrogen) atoms. The van der Waals surface area contributed by atoms with E-state index in [9.17, 15) is 8.42 Å². The maximum Gasteiger partial charge on any atom is 0.211 e. The number of hydrogen-bond acceptors (Lipinski definition) is 5. The lowest BCUT2D eigenvalue weighted by Gasteiger charge is -2.31. The van der Waals surface area contributed by atoms with Crippen LogP contribution in [0.1, 0.15) is 19.0 Å². The predicted octanol–water partition coefficient (Wildman–Crippen LogP) is 1.90. The fourth-order valence-electron chi connectivity index (χ4n) is 2.91. The first-order chi connectivity index (χ1) is 12.5. The highest BCUT2D eigenvalue weighted by Gasteiger charge is 2.29. The van der Waals surface area contributed by atoms with E-state index in [2.05, 4.69) is 9.71 Å². The van der Waals surface area contributed by atoms with Crippen molar-refractivity contribution in [3.05, 3.63) is 42.5 Å². The van der Waals surface area contributed by atoms with Gasteiger partial charge < -0.3 is 14.0 Å². The van der Waals surface area contributed by atoms with Crippen LogP contribution in [0.15, 0.2) is 36.8 Å². The molecule has 2 heterocycles. The summed E-state index contributed by atoms with van der Waals surface area (Å²) in [6, 6.07) is 7.58. The monoisotopic (exact) mass is 379 g/mol. The molecule has 1 N–H and O–H groups in total. The third kappa shape index (κ3) is 4.84. The molecule has 7 nitrogen and oxygen atoms in total. The van der Waals surface area contributed by atoms with Crippen LogP contribution in [0.25, 0.3) is 5.69 Å². The SMILES string of the molecule is CCS(=O)(=O)N[C@@H]1CCOC[C@H]1COc1ccc(-n2cnc(C)c2)cc1. The minimum atomic E-state index is -3.24. The van der Waals surface area contributed by atoms with Crippen LogP contribution >= 0.6 is 0 Å². The summed E-state index contributed by atoms with van der Waals surface area (Å²) in [5.41, 5.74) is 1.97. The zero-order valence-electron chi connectivity index (χ0n) is 15.1. The molecule has 2 atom stereocenters.